The van der Waals surface area contributed by atoms with Gasteiger partial charge in [-0.25, -0.2) is 4.39 Å². The Balaban J connectivity index is 1.33. The van der Waals surface area contributed by atoms with E-state index < -0.39 is 17.0 Å². The number of nitrogens with zero attached hydrogens (tertiary/aromatic N) is 2. The van der Waals surface area contributed by atoms with Gasteiger partial charge < -0.3 is 4.57 Å². The Morgan fingerprint density at radius 3 is 2.49 bits per heavy atom. The molecule has 0 unspecified atom stereocenters. The van der Waals surface area contributed by atoms with Crippen LogP contribution in [0.4, 0.5) is 9.18 Å². The predicted octanol–water partition coefficient (Wildman–Crippen LogP) is 7.87. The van der Waals surface area contributed by atoms with Crippen molar-refractivity contribution in [1.82, 2.24) is 9.47 Å². The lowest BCUT2D eigenvalue weighted by Gasteiger charge is -2.14. The summed E-state index contributed by atoms with van der Waals surface area (Å²) in [6, 6.07) is 26.9. The number of aromatic nitrogens is 1. The molecule has 4 nitrogen and oxygen atoms in total. The van der Waals surface area contributed by atoms with Crippen LogP contribution in [0.15, 0.2) is 96.0 Å². The van der Waals surface area contributed by atoms with Gasteiger partial charge in [-0.2, -0.15) is 0 Å². The number of rotatable bonds is 5. The van der Waals surface area contributed by atoms with Crippen molar-refractivity contribution in [3.05, 3.63) is 124 Å². The number of halogens is 2. The van der Waals surface area contributed by atoms with Crippen molar-refractivity contribution in [2.45, 2.75) is 13.1 Å². The summed E-state index contributed by atoms with van der Waals surface area (Å²) in [5.74, 6) is -1.01. The molecule has 1 aliphatic heterocycles. The lowest BCUT2D eigenvalue weighted by Crippen LogP contribution is -2.28. The van der Waals surface area contributed by atoms with Crippen molar-refractivity contribution in [1.29, 1.82) is 0 Å². The van der Waals surface area contributed by atoms with Crippen molar-refractivity contribution in [2.75, 3.05) is 0 Å². The molecule has 2 heterocycles. The number of imide groups is 1. The smallest absolute Gasteiger partial charge is 0.293 e. The van der Waals surface area contributed by atoms with Gasteiger partial charge in [-0.15, -0.1) is 0 Å². The Bertz CT molecular complexity index is 1720. The summed E-state index contributed by atoms with van der Waals surface area (Å²) in [6.07, 6.45) is 3.74. The molecule has 1 saturated heterocycles. The first-order valence-corrected chi connectivity index (χ1v) is 12.9. The fourth-order valence-corrected chi connectivity index (χ4v) is 5.73. The van der Waals surface area contributed by atoms with Gasteiger partial charge in [-0.1, -0.05) is 72.3 Å². The maximum absolute atomic E-state index is 14.3. The van der Waals surface area contributed by atoms with E-state index >= 15 is 0 Å². The second-order valence-electron chi connectivity index (χ2n) is 8.88. The number of hydrogen-bond donors (Lipinski definition) is 0. The number of thioether (sulfide) groups is 1. The molecular weight excluding hydrogens is 507 g/mol. The average Bonchev–Trinajstić information content (AvgIpc) is 3.37. The van der Waals surface area contributed by atoms with Gasteiger partial charge in [0.25, 0.3) is 11.1 Å². The van der Waals surface area contributed by atoms with E-state index in [0.717, 1.165) is 38.7 Å². The van der Waals surface area contributed by atoms with Crippen LogP contribution in [0.25, 0.3) is 27.8 Å². The molecule has 0 atom stereocenters. The van der Waals surface area contributed by atoms with Crippen molar-refractivity contribution in [3.8, 4) is 0 Å². The molecule has 0 saturated carbocycles. The van der Waals surface area contributed by atoms with E-state index in [2.05, 4.69) is 34.9 Å². The zero-order valence-electron chi connectivity index (χ0n) is 19.5. The fraction of sp³-hybridized carbons (Fsp3) is 0.0667. The van der Waals surface area contributed by atoms with E-state index in [-0.39, 0.29) is 17.1 Å². The zero-order valence-corrected chi connectivity index (χ0v) is 21.1. The lowest BCUT2D eigenvalue weighted by atomic mass is 10.1. The first-order chi connectivity index (χ1) is 18.0. The molecule has 37 heavy (non-hydrogen) atoms. The summed E-state index contributed by atoms with van der Waals surface area (Å²) in [5, 5.41) is 3.08. The van der Waals surface area contributed by atoms with E-state index in [0.29, 0.717) is 11.4 Å². The Hall–Kier alpha value is -3.87. The average molecular weight is 527 g/mol. The second-order valence-corrected chi connectivity index (χ2v) is 10.3. The Morgan fingerprint density at radius 1 is 0.865 bits per heavy atom. The third-order valence-electron chi connectivity index (χ3n) is 6.52. The summed E-state index contributed by atoms with van der Waals surface area (Å²) in [4.78, 5) is 27.2. The number of hydrogen-bond acceptors (Lipinski definition) is 3. The molecule has 0 radical (unpaired) electrons. The van der Waals surface area contributed by atoms with Gasteiger partial charge in [0.1, 0.15) is 5.82 Å². The third kappa shape index (κ3) is 4.43. The quantitative estimate of drug-likeness (QED) is 0.219. The molecule has 6 rings (SSSR count). The Morgan fingerprint density at radius 2 is 1.65 bits per heavy atom. The summed E-state index contributed by atoms with van der Waals surface area (Å²) in [6.45, 7) is 0.448. The minimum absolute atomic E-state index is 0.125. The van der Waals surface area contributed by atoms with Crippen LogP contribution < -0.4 is 0 Å². The molecule has 0 bridgehead atoms. The largest absolute Gasteiger partial charge is 0.342 e. The minimum Gasteiger partial charge on any atom is -0.342 e. The van der Waals surface area contributed by atoms with Gasteiger partial charge in [0, 0.05) is 39.8 Å². The van der Waals surface area contributed by atoms with E-state index in [9.17, 15) is 14.0 Å². The van der Waals surface area contributed by atoms with Crippen LogP contribution in [0, 0.1) is 5.82 Å². The third-order valence-corrected chi connectivity index (χ3v) is 7.79. The van der Waals surface area contributed by atoms with Gasteiger partial charge in [0.05, 0.1) is 11.4 Å². The topological polar surface area (TPSA) is 42.3 Å². The number of fused-ring (bicyclic) bond motifs is 2. The van der Waals surface area contributed by atoms with Gasteiger partial charge >= 0.3 is 0 Å². The Kier molecular flexibility index (Phi) is 6.07. The fourth-order valence-electron chi connectivity index (χ4n) is 4.67. The molecule has 7 heteroatoms. The summed E-state index contributed by atoms with van der Waals surface area (Å²) in [7, 11) is 0. The van der Waals surface area contributed by atoms with Crippen molar-refractivity contribution in [2.24, 2.45) is 0 Å². The lowest BCUT2D eigenvalue weighted by molar-refractivity contribution is -0.123. The molecule has 1 aromatic heterocycles. The van der Waals surface area contributed by atoms with Crippen molar-refractivity contribution < 1.29 is 14.0 Å². The van der Waals surface area contributed by atoms with Crippen LogP contribution in [0.5, 0.6) is 0 Å². The van der Waals surface area contributed by atoms with Gasteiger partial charge in [-0.05, 0) is 58.4 Å². The van der Waals surface area contributed by atoms with E-state index in [1.54, 1.807) is 12.1 Å². The molecular formula is C30H20ClFN2O2S. The standard InChI is InChI=1S/C30H20ClFN2O2S/c31-25-9-5-10-26(32)24(25)18-34-29(35)28(37-30(34)36)15-22-17-33(27-11-4-3-8-23(22)27)16-19-12-13-20-6-1-2-7-21(20)14-19/h1-15,17H,16,18H2/b28-15-. The van der Waals surface area contributed by atoms with Crippen molar-refractivity contribution in [3.63, 3.8) is 0 Å². The van der Waals surface area contributed by atoms with E-state index in [1.165, 1.54) is 22.9 Å². The molecule has 1 aliphatic rings. The zero-order chi connectivity index (χ0) is 25.5. The van der Waals surface area contributed by atoms with Gasteiger partial charge in [0.15, 0.2) is 0 Å². The first kappa shape index (κ1) is 23.5. The number of carbonyl (C=O) groups is 2. The number of carbonyl (C=O) groups excluding carboxylic acids is 2. The minimum atomic E-state index is -0.549. The van der Waals surface area contributed by atoms with Crippen molar-refractivity contribution >= 4 is 62.3 Å². The van der Waals surface area contributed by atoms with Crippen LogP contribution in [0.3, 0.4) is 0 Å². The molecule has 0 N–H and O–H groups in total. The number of benzene rings is 4. The normalized spacial score (nSPS) is 15.0. The summed E-state index contributed by atoms with van der Waals surface area (Å²) in [5.41, 5.74) is 3.15. The highest BCUT2D eigenvalue weighted by Gasteiger charge is 2.36. The molecule has 0 aliphatic carbocycles. The molecule has 182 valence electrons. The van der Waals surface area contributed by atoms with Crippen LogP contribution in [0.2, 0.25) is 5.02 Å². The second kappa shape index (κ2) is 9.54. The van der Waals surface area contributed by atoms with E-state index in [1.807, 2.05) is 42.6 Å². The molecule has 2 amide bonds. The predicted molar refractivity (Wildman–Crippen MR) is 148 cm³/mol. The number of para-hydroxylation sites is 1. The van der Waals surface area contributed by atoms with E-state index in [4.69, 9.17) is 11.6 Å². The SMILES string of the molecule is O=C1S/C(=C\c2cn(Cc3ccc4ccccc4c3)c3ccccc23)C(=O)N1Cc1c(F)cccc1Cl. The molecule has 1 fully saturated rings. The molecule has 5 aromatic rings. The molecule has 4 aromatic carbocycles. The maximum Gasteiger partial charge on any atom is 0.293 e. The summed E-state index contributed by atoms with van der Waals surface area (Å²) >= 11 is 6.98. The highest BCUT2D eigenvalue weighted by atomic mass is 35.5. The van der Waals surface area contributed by atoms with Gasteiger partial charge in [-0.3, -0.25) is 14.5 Å². The maximum atomic E-state index is 14.3. The van der Waals surface area contributed by atoms with Gasteiger partial charge in [0.2, 0.25) is 0 Å². The number of amides is 2. The Labute approximate surface area is 221 Å². The van der Waals surface area contributed by atoms with Crippen LogP contribution in [-0.2, 0) is 17.9 Å². The van der Waals surface area contributed by atoms with Crippen LogP contribution in [0.1, 0.15) is 16.7 Å². The monoisotopic (exact) mass is 526 g/mol. The first-order valence-electron chi connectivity index (χ1n) is 11.7. The van der Waals surface area contributed by atoms with Crippen LogP contribution in [-0.4, -0.2) is 20.6 Å². The molecule has 0 spiro atoms. The summed E-state index contributed by atoms with van der Waals surface area (Å²) < 4.78 is 16.4. The highest BCUT2D eigenvalue weighted by molar-refractivity contribution is 8.18. The van der Waals surface area contributed by atoms with Crippen LogP contribution >= 0.6 is 23.4 Å². The highest BCUT2D eigenvalue weighted by Crippen LogP contribution is 2.36.